The van der Waals surface area contributed by atoms with Gasteiger partial charge in [0.15, 0.2) is 0 Å². The highest BCUT2D eigenvalue weighted by atomic mass is 19.1. The van der Waals surface area contributed by atoms with Crippen molar-refractivity contribution in [3.63, 3.8) is 0 Å². The number of para-hydroxylation sites is 1. The van der Waals surface area contributed by atoms with E-state index in [1.807, 2.05) is 42.1 Å². The Morgan fingerprint density at radius 3 is 2.51 bits per heavy atom. The Kier molecular flexibility index (Phi) is 8.79. The van der Waals surface area contributed by atoms with Crippen LogP contribution in [-0.4, -0.2) is 74.0 Å². The van der Waals surface area contributed by atoms with Crippen LogP contribution in [-0.2, 0) is 17.8 Å². The van der Waals surface area contributed by atoms with Crippen LogP contribution < -0.4 is 4.74 Å². The third kappa shape index (κ3) is 7.05. The lowest BCUT2D eigenvalue weighted by Crippen LogP contribution is -2.50. The molecular weight excluding hydrogens is 441 g/mol. The minimum absolute atomic E-state index is 0.138. The van der Waals surface area contributed by atoms with Gasteiger partial charge in [-0.15, -0.1) is 0 Å². The van der Waals surface area contributed by atoms with Gasteiger partial charge < -0.3 is 14.5 Å². The van der Waals surface area contributed by atoms with Gasteiger partial charge in [0.1, 0.15) is 18.2 Å². The zero-order valence-corrected chi connectivity index (χ0v) is 21.3. The Morgan fingerprint density at radius 2 is 1.74 bits per heavy atom. The number of halogens is 1. The Balaban J connectivity index is 1.52. The number of piperidine rings is 1. The van der Waals surface area contributed by atoms with Crippen LogP contribution in [0.15, 0.2) is 48.5 Å². The summed E-state index contributed by atoms with van der Waals surface area (Å²) in [5.74, 6) is 1.04. The third-order valence-electron chi connectivity index (χ3n) is 7.58. The zero-order chi connectivity index (χ0) is 24.7. The van der Waals surface area contributed by atoms with Gasteiger partial charge in [-0.1, -0.05) is 42.8 Å². The molecule has 0 aromatic heterocycles. The molecule has 0 saturated carbocycles. The van der Waals surface area contributed by atoms with E-state index < -0.39 is 0 Å². The zero-order valence-electron chi connectivity index (χ0n) is 21.3. The molecule has 5 nitrogen and oxygen atoms in total. The van der Waals surface area contributed by atoms with E-state index in [0.29, 0.717) is 19.7 Å². The fourth-order valence-corrected chi connectivity index (χ4v) is 5.60. The largest absolute Gasteiger partial charge is 0.492 e. The molecule has 2 aliphatic rings. The number of benzene rings is 2. The summed E-state index contributed by atoms with van der Waals surface area (Å²) in [6.07, 6.45) is 6.43. The number of carbonyl (C=O) groups excluding carboxylic acids is 1. The average Bonchev–Trinajstić information content (AvgIpc) is 2.83. The molecule has 0 aliphatic carbocycles. The lowest BCUT2D eigenvalue weighted by molar-refractivity contribution is -0.134. The van der Waals surface area contributed by atoms with Crippen molar-refractivity contribution in [3.8, 4) is 5.75 Å². The number of fused-ring (bicyclic) bond motifs is 1. The van der Waals surface area contributed by atoms with Crippen LogP contribution in [0, 0.1) is 11.2 Å². The van der Waals surface area contributed by atoms with Crippen LogP contribution in [0.2, 0.25) is 0 Å². The van der Waals surface area contributed by atoms with Gasteiger partial charge in [-0.05, 0) is 69.3 Å². The van der Waals surface area contributed by atoms with Crippen molar-refractivity contribution in [1.29, 1.82) is 0 Å². The highest BCUT2D eigenvalue weighted by Crippen LogP contribution is 2.39. The second kappa shape index (κ2) is 12.0. The molecule has 1 fully saturated rings. The van der Waals surface area contributed by atoms with Gasteiger partial charge in [-0.3, -0.25) is 9.69 Å². The summed E-state index contributed by atoms with van der Waals surface area (Å²) < 4.78 is 20.8. The average molecular weight is 482 g/mol. The van der Waals surface area contributed by atoms with Gasteiger partial charge in [0, 0.05) is 38.3 Å². The van der Waals surface area contributed by atoms with Crippen LogP contribution >= 0.6 is 0 Å². The van der Waals surface area contributed by atoms with Crippen molar-refractivity contribution >= 4 is 5.91 Å². The lowest BCUT2D eigenvalue weighted by atomic mass is 9.73. The predicted octanol–water partition coefficient (Wildman–Crippen LogP) is 4.60. The van der Waals surface area contributed by atoms with Gasteiger partial charge in [0.2, 0.25) is 5.91 Å². The molecule has 190 valence electrons. The van der Waals surface area contributed by atoms with Crippen LogP contribution in [0.5, 0.6) is 5.75 Å². The van der Waals surface area contributed by atoms with E-state index in [9.17, 15) is 9.18 Å². The Bertz CT molecular complexity index is 972. The lowest BCUT2D eigenvalue weighted by Gasteiger charge is -2.45. The molecule has 2 heterocycles. The summed E-state index contributed by atoms with van der Waals surface area (Å²) in [6, 6.07) is 15.4. The first-order chi connectivity index (χ1) is 16.9. The van der Waals surface area contributed by atoms with E-state index in [-0.39, 0.29) is 17.1 Å². The summed E-state index contributed by atoms with van der Waals surface area (Å²) >= 11 is 0. The third-order valence-corrected chi connectivity index (χ3v) is 7.58. The van der Waals surface area contributed by atoms with Gasteiger partial charge >= 0.3 is 0 Å². The highest BCUT2D eigenvalue weighted by molar-refractivity contribution is 5.78. The molecule has 0 radical (unpaired) electrons. The summed E-state index contributed by atoms with van der Waals surface area (Å²) in [6.45, 7) is 4.87. The molecule has 1 saturated heterocycles. The normalized spacial score (nSPS) is 19.5. The summed E-state index contributed by atoms with van der Waals surface area (Å²) in [7, 11) is 3.88. The molecule has 1 amide bonds. The van der Waals surface area contributed by atoms with Gasteiger partial charge in [0.05, 0.1) is 6.54 Å². The van der Waals surface area contributed by atoms with Gasteiger partial charge in [-0.25, -0.2) is 4.39 Å². The highest BCUT2D eigenvalue weighted by Gasteiger charge is 2.37. The molecule has 6 heteroatoms. The summed E-state index contributed by atoms with van der Waals surface area (Å²) in [4.78, 5) is 19.0. The number of amides is 1. The Labute approximate surface area is 209 Å². The minimum atomic E-state index is -0.150. The first kappa shape index (κ1) is 25.6. The second-order valence-corrected chi connectivity index (χ2v) is 10.6. The van der Waals surface area contributed by atoms with Crippen LogP contribution in [0.4, 0.5) is 4.39 Å². The second-order valence-electron chi connectivity index (χ2n) is 10.6. The van der Waals surface area contributed by atoms with E-state index >= 15 is 0 Å². The van der Waals surface area contributed by atoms with E-state index in [1.165, 1.54) is 5.56 Å². The van der Waals surface area contributed by atoms with Gasteiger partial charge in [-0.2, -0.15) is 0 Å². The topological polar surface area (TPSA) is 36.0 Å². The molecular formula is C29H40FN3O2. The number of hydrogen-bond acceptors (Lipinski definition) is 4. The first-order valence-electron chi connectivity index (χ1n) is 13.0. The van der Waals surface area contributed by atoms with E-state index in [2.05, 4.69) is 23.1 Å². The molecule has 4 rings (SSSR count). The SMILES string of the molecule is CN(C)CC(=O)N1CCC2(CCCCc3ccccc3OCCN(Cc3ccccc3F)C2)CC1. The molecule has 0 N–H and O–H groups in total. The quantitative estimate of drug-likeness (QED) is 0.639. The predicted molar refractivity (Wildman–Crippen MR) is 138 cm³/mol. The molecule has 1 spiro atoms. The van der Waals surface area contributed by atoms with Crippen molar-refractivity contribution in [2.45, 2.75) is 45.1 Å². The maximum Gasteiger partial charge on any atom is 0.236 e. The van der Waals surface area contributed by atoms with E-state index in [4.69, 9.17) is 4.74 Å². The Hall–Kier alpha value is -2.44. The van der Waals surface area contributed by atoms with Crippen molar-refractivity contribution in [2.75, 3.05) is 53.4 Å². The molecule has 0 unspecified atom stereocenters. The Morgan fingerprint density at radius 1 is 1.00 bits per heavy atom. The number of ether oxygens (including phenoxy) is 1. The molecule has 2 aromatic rings. The number of likely N-dealkylation sites (tertiary alicyclic amines) is 1. The fourth-order valence-electron chi connectivity index (χ4n) is 5.60. The van der Waals surface area contributed by atoms with Crippen molar-refractivity contribution < 1.29 is 13.9 Å². The summed E-state index contributed by atoms with van der Waals surface area (Å²) in [5.41, 5.74) is 2.14. The van der Waals surface area contributed by atoms with Crippen LogP contribution in [0.3, 0.4) is 0 Å². The summed E-state index contributed by atoms with van der Waals surface area (Å²) in [5, 5.41) is 0. The van der Waals surface area contributed by atoms with E-state index in [1.54, 1.807) is 12.1 Å². The maximum atomic E-state index is 14.6. The van der Waals surface area contributed by atoms with Crippen molar-refractivity contribution in [1.82, 2.24) is 14.7 Å². The minimum Gasteiger partial charge on any atom is -0.492 e. The molecule has 0 atom stereocenters. The first-order valence-corrected chi connectivity index (χ1v) is 13.0. The molecule has 0 bridgehead atoms. The van der Waals surface area contributed by atoms with Crippen LogP contribution in [0.1, 0.15) is 43.2 Å². The fraction of sp³-hybridized carbons (Fsp3) is 0.552. The molecule has 2 aliphatic heterocycles. The monoisotopic (exact) mass is 481 g/mol. The number of hydrogen-bond donors (Lipinski definition) is 0. The van der Waals surface area contributed by atoms with Crippen molar-refractivity contribution in [2.24, 2.45) is 5.41 Å². The maximum absolute atomic E-state index is 14.6. The standard InChI is InChI=1S/C29H40FN3O2/c1-31(2)22-28(34)33-17-15-29(16-18-33)14-8-7-10-24-9-4-6-13-27(24)35-20-19-32(23-29)21-25-11-3-5-12-26(25)30/h3-6,9,11-13H,7-8,10,14-23H2,1-2H3. The number of rotatable bonds is 4. The number of likely N-dealkylation sites (N-methyl/N-ethyl adjacent to an activating group) is 1. The number of carbonyl (C=O) groups is 1. The molecule has 2 aromatic carbocycles. The van der Waals surface area contributed by atoms with Gasteiger partial charge in [0.25, 0.3) is 0 Å². The smallest absolute Gasteiger partial charge is 0.236 e. The number of nitrogens with zero attached hydrogens (tertiary/aromatic N) is 3. The molecule has 35 heavy (non-hydrogen) atoms. The van der Waals surface area contributed by atoms with E-state index in [0.717, 1.165) is 76.0 Å². The van der Waals surface area contributed by atoms with Crippen molar-refractivity contribution in [3.05, 3.63) is 65.5 Å². The number of aryl methyl sites for hydroxylation is 1. The van der Waals surface area contributed by atoms with Crippen LogP contribution in [0.25, 0.3) is 0 Å².